The number of hydrogen-bond acceptors (Lipinski definition) is 3. The number of benzene rings is 1. The van der Waals surface area contributed by atoms with Gasteiger partial charge in [-0.1, -0.05) is 12.1 Å². The van der Waals surface area contributed by atoms with Crippen LogP contribution in [0.5, 0.6) is 5.75 Å². The van der Waals surface area contributed by atoms with Gasteiger partial charge in [-0.15, -0.1) is 0 Å². The Hall–Kier alpha value is -0.580. The van der Waals surface area contributed by atoms with Crippen molar-refractivity contribution in [3.63, 3.8) is 0 Å². The number of rotatable bonds is 6. The summed E-state index contributed by atoms with van der Waals surface area (Å²) >= 11 is 3.48. The van der Waals surface area contributed by atoms with Crippen molar-refractivity contribution in [2.75, 3.05) is 40.0 Å². The maximum absolute atomic E-state index is 5.75. The molecular weight excluding hydrogens is 294 g/mol. The zero-order valence-corrected chi connectivity index (χ0v) is 12.4. The molecule has 1 aliphatic heterocycles. The summed E-state index contributed by atoms with van der Waals surface area (Å²) in [6.45, 7) is 4.59. The molecule has 1 atom stereocenters. The fourth-order valence-electron chi connectivity index (χ4n) is 2.13. The third-order valence-electron chi connectivity index (χ3n) is 3.16. The number of ether oxygens (including phenoxy) is 2. The van der Waals surface area contributed by atoms with Gasteiger partial charge in [0.15, 0.2) is 0 Å². The van der Waals surface area contributed by atoms with Gasteiger partial charge in [-0.05, 0) is 47.4 Å². The Morgan fingerprint density at radius 2 is 2.28 bits per heavy atom. The minimum atomic E-state index is 0.693. The van der Waals surface area contributed by atoms with E-state index >= 15 is 0 Å². The molecule has 18 heavy (non-hydrogen) atoms. The molecular formula is C14H20BrNO2. The Bertz CT molecular complexity index is 367. The van der Waals surface area contributed by atoms with E-state index in [1.165, 1.54) is 6.42 Å². The smallest absolute Gasteiger partial charge is 0.133 e. The lowest BCUT2D eigenvalue weighted by molar-refractivity contribution is 0.167. The van der Waals surface area contributed by atoms with Crippen LogP contribution < -0.4 is 4.74 Å². The topological polar surface area (TPSA) is 21.7 Å². The number of halogens is 1. The van der Waals surface area contributed by atoms with Gasteiger partial charge in [0.1, 0.15) is 12.4 Å². The summed E-state index contributed by atoms with van der Waals surface area (Å²) in [5.74, 6) is 1.61. The molecule has 0 aliphatic carbocycles. The summed E-state index contributed by atoms with van der Waals surface area (Å²) < 4.78 is 12.1. The van der Waals surface area contributed by atoms with Crippen LogP contribution in [0, 0.1) is 5.92 Å². The van der Waals surface area contributed by atoms with Crippen molar-refractivity contribution in [1.82, 2.24) is 4.90 Å². The first-order valence-electron chi connectivity index (χ1n) is 6.39. The van der Waals surface area contributed by atoms with Gasteiger partial charge in [-0.25, -0.2) is 0 Å². The fraction of sp³-hybridized carbons (Fsp3) is 0.571. The largest absolute Gasteiger partial charge is 0.491 e. The van der Waals surface area contributed by atoms with E-state index in [1.54, 1.807) is 0 Å². The lowest BCUT2D eigenvalue weighted by Crippen LogP contribution is -2.29. The molecule has 1 fully saturated rings. The van der Waals surface area contributed by atoms with E-state index in [0.717, 1.165) is 36.5 Å². The van der Waals surface area contributed by atoms with E-state index in [0.29, 0.717) is 12.5 Å². The van der Waals surface area contributed by atoms with Crippen LogP contribution >= 0.6 is 15.9 Å². The summed E-state index contributed by atoms with van der Waals surface area (Å²) in [7, 11) is 2.14. The number of hydrogen-bond donors (Lipinski definition) is 0. The summed E-state index contributed by atoms with van der Waals surface area (Å²) in [6.07, 6.45) is 1.19. The van der Waals surface area contributed by atoms with E-state index in [2.05, 4.69) is 27.9 Å². The van der Waals surface area contributed by atoms with Gasteiger partial charge in [0.25, 0.3) is 0 Å². The Kier molecular flexibility index (Phi) is 5.47. The van der Waals surface area contributed by atoms with Crippen LogP contribution in [-0.2, 0) is 4.74 Å². The Morgan fingerprint density at radius 3 is 3.00 bits per heavy atom. The van der Waals surface area contributed by atoms with Crippen molar-refractivity contribution in [3.8, 4) is 5.75 Å². The highest BCUT2D eigenvalue weighted by Crippen LogP contribution is 2.23. The van der Waals surface area contributed by atoms with Gasteiger partial charge in [-0.3, -0.25) is 0 Å². The molecule has 2 rings (SSSR count). The third-order valence-corrected chi connectivity index (χ3v) is 3.82. The molecule has 0 bridgehead atoms. The molecule has 0 aromatic heterocycles. The fourth-order valence-corrected chi connectivity index (χ4v) is 2.53. The number of likely N-dealkylation sites (N-methyl/N-ethyl adjacent to an activating group) is 1. The second-order valence-electron chi connectivity index (χ2n) is 4.77. The normalized spacial score (nSPS) is 19.4. The van der Waals surface area contributed by atoms with E-state index < -0.39 is 0 Å². The molecule has 0 spiro atoms. The first-order chi connectivity index (χ1) is 8.75. The first kappa shape index (κ1) is 13.8. The molecule has 1 aliphatic rings. The van der Waals surface area contributed by atoms with Crippen LogP contribution in [0.3, 0.4) is 0 Å². The maximum atomic E-state index is 5.75. The summed E-state index contributed by atoms with van der Waals surface area (Å²) in [5.41, 5.74) is 0. The van der Waals surface area contributed by atoms with Gasteiger partial charge in [-0.2, -0.15) is 0 Å². The van der Waals surface area contributed by atoms with Crippen molar-refractivity contribution in [2.45, 2.75) is 6.42 Å². The monoisotopic (exact) mass is 313 g/mol. The highest BCUT2D eigenvalue weighted by atomic mass is 79.9. The lowest BCUT2D eigenvalue weighted by Gasteiger charge is -2.20. The molecule has 100 valence electrons. The second-order valence-corrected chi connectivity index (χ2v) is 5.63. The summed E-state index contributed by atoms with van der Waals surface area (Å²) in [5, 5.41) is 0. The zero-order valence-electron chi connectivity index (χ0n) is 10.8. The van der Waals surface area contributed by atoms with Gasteiger partial charge in [0.2, 0.25) is 0 Å². The zero-order chi connectivity index (χ0) is 12.8. The van der Waals surface area contributed by atoms with E-state index in [-0.39, 0.29) is 0 Å². The Balaban J connectivity index is 1.67. The second kappa shape index (κ2) is 7.12. The Labute approximate surface area is 117 Å². The average molecular weight is 314 g/mol. The molecule has 1 aromatic carbocycles. The predicted molar refractivity (Wildman–Crippen MR) is 76.1 cm³/mol. The molecule has 4 heteroatoms. The third kappa shape index (κ3) is 4.26. The minimum Gasteiger partial charge on any atom is -0.491 e. The highest BCUT2D eigenvalue weighted by Gasteiger charge is 2.17. The standard InChI is InChI=1S/C14H20BrNO2/c1-16(10-12-6-8-17-11-12)7-9-18-14-5-3-2-4-13(14)15/h2-5,12H,6-11H2,1H3. The van der Waals surface area contributed by atoms with E-state index in [1.807, 2.05) is 24.3 Å². The molecule has 1 unspecified atom stereocenters. The quantitative estimate of drug-likeness (QED) is 0.806. The predicted octanol–water partition coefficient (Wildman–Crippen LogP) is 2.80. The molecule has 0 radical (unpaired) electrons. The van der Waals surface area contributed by atoms with Crippen molar-refractivity contribution in [3.05, 3.63) is 28.7 Å². The van der Waals surface area contributed by atoms with Crippen LogP contribution in [0.4, 0.5) is 0 Å². The molecule has 0 amide bonds. The van der Waals surface area contributed by atoms with Crippen LogP contribution in [0.1, 0.15) is 6.42 Å². The molecule has 0 saturated carbocycles. The molecule has 1 heterocycles. The number of para-hydroxylation sites is 1. The van der Waals surface area contributed by atoms with Gasteiger partial charge in [0, 0.05) is 19.7 Å². The van der Waals surface area contributed by atoms with Gasteiger partial charge < -0.3 is 14.4 Å². The van der Waals surface area contributed by atoms with Gasteiger partial charge >= 0.3 is 0 Å². The van der Waals surface area contributed by atoms with Crippen LogP contribution in [-0.4, -0.2) is 44.9 Å². The highest BCUT2D eigenvalue weighted by molar-refractivity contribution is 9.10. The average Bonchev–Trinajstić information content (AvgIpc) is 2.84. The SMILES string of the molecule is CN(CCOc1ccccc1Br)CC1CCOC1. The maximum Gasteiger partial charge on any atom is 0.133 e. The molecule has 3 nitrogen and oxygen atoms in total. The van der Waals surface area contributed by atoms with Crippen molar-refractivity contribution >= 4 is 15.9 Å². The van der Waals surface area contributed by atoms with E-state index in [4.69, 9.17) is 9.47 Å². The van der Waals surface area contributed by atoms with Crippen molar-refractivity contribution < 1.29 is 9.47 Å². The summed E-state index contributed by atoms with van der Waals surface area (Å²) in [6, 6.07) is 7.95. The van der Waals surface area contributed by atoms with Gasteiger partial charge in [0.05, 0.1) is 11.1 Å². The minimum absolute atomic E-state index is 0.693. The van der Waals surface area contributed by atoms with Crippen molar-refractivity contribution in [1.29, 1.82) is 0 Å². The van der Waals surface area contributed by atoms with E-state index in [9.17, 15) is 0 Å². The molecule has 1 aromatic rings. The summed E-state index contributed by atoms with van der Waals surface area (Å²) in [4.78, 5) is 2.32. The van der Waals surface area contributed by atoms with Crippen LogP contribution in [0.2, 0.25) is 0 Å². The first-order valence-corrected chi connectivity index (χ1v) is 7.18. The Morgan fingerprint density at radius 1 is 1.44 bits per heavy atom. The lowest BCUT2D eigenvalue weighted by atomic mass is 10.1. The number of nitrogens with zero attached hydrogens (tertiary/aromatic N) is 1. The van der Waals surface area contributed by atoms with Crippen LogP contribution in [0.25, 0.3) is 0 Å². The van der Waals surface area contributed by atoms with Crippen LogP contribution in [0.15, 0.2) is 28.7 Å². The molecule has 1 saturated heterocycles. The van der Waals surface area contributed by atoms with Crippen molar-refractivity contribution in [2.24, 2.45) is 5.92 Å². The molecule has 0 N–H and O–H groups in total.